The third-order valence-corrected chi connectivity index (χ3v) is 2.71. The van der Waals surface area contributed by atoms with Gasteiger partial charge in [-0.1, -0.05) is 11.6 Å². The first-order chi connectivity index (χ1) is 8.71. The van der Waals surface area contributed by atoms with Crippen molar-refractivity contribution in [1.82, 2.24) is 4.90 Å². The van der Waals surface area contributed by atoms with Crippen LogP contribution >= 0.6 is 11.6 Å². The minimum Gasteiger partial charge on any atom is -0.387 e. The molecule has 0 saturated carbocycles. The Kier molecular flexibility index (Phi) is 5.11. The van der Waals surface area contributed by atoms with Crippen LogP contribution in [0.1, 0.15) is 6.92 Å². The summed E-state index contributed by atoms with van der Waals surface area (Å²) in [7, 11) is 3.69. The van der Waals surface area contributed by atoms with E-state index < -0.39 is 10.5 Å². The molecule has 0 aliphatic rings. The molecule has 0 fully saturated rings. The van der Waals surface area contributed by atoms with Gasteiger partial charge in [-0.25, -0.2) is 0 Å². The van der Waals surface area contributed by atoms with Gasteiger partial charge >= 0.3 is 0 Å². The highest BCUT2D eigenvalue weighted by Crippen LogP contribution is 2.28. The van der Waals surface area contributed by atoms with Gasteiger partial charge in [0.05, 0.1) is 10.5 Å². The summed E-state index contributed by atoms with van der Waals surface area (Å²) in [4.78, 5) is 12.3. The van der Waals surface area contributed by atoms with Gasteiger partial charge in [0.25, 0.3) is 5.69 Å². The zero-order valence-electron chi connectivity index (χ0n) is 11.2. The van der Waals surface area contributed by atoms with Crippen LogP contribution in [0.5, 0.6) is 0 Å². The Balaban J connectivity index is 2.80. The van der Waals surface area contributed by atoms with Gasteiger partial charge in [0.2, 0.25) is 0 Å². The van der Waals surface area contributed by atoms with Crippen LogP contribution in [0.15, 0.2) is 18.2 Å². The van der Waals surface area contributed by atoms with Crippen LogP contribution in [-0.2, 0) is 0 Å². The van der Waals surface area contributed by atoms with Gasteiger partial charge in [-0.05, 0) is 33.2 Å². The number of rotatable bonds is 6. The summed E-state index contributed by atoms with van der Waals surface area (Å²) in [6, 6.07) is 4.38. The van der Waals surface area contributed by atoms with Crippen LogP contribution in [0, 0.1) is 10.1 Å². The summed E-state index contributed by atoms with van der Waals surface area (Å²) in [5.41, 5.74) is -0.752. The molecule has 19 heavy (non-hydrogen) atoms. The van der Waals surface area contributed by atoms with Crippen LogP contribution < -0.4 is 5.32 Å². The number of likely N-dealkylation sites (N-methyl/N-ethyl adjacent to an activating group) is 1. The highest BCUT2D eigenvalue weighted by Gasteiger charge is 2.23. The van der Waals surface area contributed by atoms with Gasteiger partial charge in [-0.2, -0.15) is 0 Å². The second-order valence-corrected chi connectivity index (χ2v) is 5.44. The fraction of sp³-hybridized carbons (Fsp3) is 0.500. The van der Waals surface area contributed by atoms with Crippen LogP contribution in [0.3, 0.4) is 0 Å². The maximum atomic E-state index is 10.9. The van der Waals surface area contributed by atoms with E-state index in [1.807, 2.05) is 19.0 Å². The average molecular weight is 288 g/mol. The number of nitro groups is 1. The van der Waals surface area contributed by atoms with Crippen molar-refractivity contribution >= 4 is 23.0 Å². The predicted molar refractivity (Wildman–Crippen MR) is 75.8 cm³/mol. The van der Waals surface area contributed by atoms with Gasteiger partial charge in [-0.15, -0.1) is 0 Å². The fourth-order valence-electron chi connectivity index (χ4n) is 1.83. The number of halogens is 1. The lowest BCUT2D eigenvalue weighted by Gasteiger charge is -2.27. The molecule has 0 aliphatic carbocycles. The van der Waals surface area contributed by atoms with Crippen molar-refractivity contribution in [1.29, 1.82) is 0 Å². The first-order valence-corrected chi connectivity index (χ1v) is 6.14. The number of benzene rings is 1. The number of hydrogen-bond acceptors (Lipinski definition) is 5. The molecule has 0 unspecified atom stereocenters. The van der Waals surface area contributed by atoms with E-state index in [-0.39, 0.29) is 12.2 Å². The highest BCUT2D eigenvalue weighted by molar-refractivity contribution is 6.30. The molecule has 0 heterocycles. The molecule has 0 aromatic heterocycles. The molecule has 7 heteroatoms. The van der Waals surface area contributed by atoms with Crippen molar-refractivity contribution in [2.24, 2.45) is 0 Å². The Hall–Kier alpha value is -1.37. The smallest absolute Gasteiger partial charge is 0.293 e. The quantitative estimate of drug-likeness (QED) is 0.618. The first kappa shape index (κ1) is 15.7. The summed E-state index contributed by atoms with van der Waals surface area (Å²) in [5, 5.41) is 24.2. The molecule has 1 atom stereocenters. The summed E-state index contributed by atoms with van der Waals surface area (Å²) < 4.78 is 0. The van der Waals surface area contributed by atoms with E-state index in [1.54, 1.807) is 13.0 Å². The Labute approximate surface area is 117 Å². The van der Waals surface area contributed by atoms with E-state index >= 15 is 0 Å². The van der Waals surface area contributed by atoms with Gasteiger partial charge < -0.3 is 15.3 Å². The topological polar surface area (TPSA) is 78.6 Å². The number of nitrogens with one attached hydrogen (secondary N) is 1. The summed E-state index contributed by atoms with van der Waals surface area (Å²) >= 11 is 5.73. The molecular weight excluding hydrogens is 270 g/mol. The molecule has 6 nitrogen and oxygen atoms in total. The molecule has 0 saturated heterocycles. The molecule has 1 aromatic carbocycles. The van der Waals surface area contributed by atoms with E-state index in [2.05, 4.69) is 5.32 Å². The third kappa shape index (κ3) is 5.02. The predicted octanol–water partition coefficient (Wildman–Crippen LogP) is 1.97. The zero-order valence-corrected chi connectivity index (χ0v) is 11.9. The lowest BCUT2D eigenvalue weighted by molar-refractivity contribution is -0.383. The summed E-state index contributed by atoms with van der Waals surface area (Å²) in [5.74, 6) is 0. The average Bonchev–Trinajstić information content (AvgIpc) is 2.25. The van der Waals surface area contributed by atoms with Gasteiger partial charge in [-0.3, -0.25) is 10.1 Å². The van der Waals surface area contributed by atoms with Gasteiger partial charge in [0.15, 0.2) is 0 Å². The number of nitro benzene ring substituents is 1. The van der Waals surface area contributed by atoms with Crippen molar-refractivity contribution in [3.63, 3.8) is 0 Å². The van der Waals surface area contributed by atoms with Gasteiger partial charge in [0.1, 0.15) is 5.69 Å². The maximum absolute atomic E-state index is 10.9. The normalized spacial score (nSPS) is 14.2. The minimum atomic E-state index is -0.989. The Morgan fingerprint density at radius 3 is 2.68 bits per heavy atom. The number of hydrogen-bond donors (Lipinski definition) is 2. The first-order valence-electron chi connectivity index (χ1n) is 5.76. The van der Waals surface area contributed by atoms with E-state index in [9.17, 15) is 15.2 Å². The number of nitrogens with zero attached hydrogens (tertiary/aromatic N) is 2. The summed E-state index contributed by atoms with van der Waals surface area (Å²) in [6.07, 6.45) is 0. The van der Waals surface area contributed by atoms with Crippen LogP contribution in [-0.4, -0.2) is 47.7 Å². The number of anilines is 1. The second kappa shape index (κ2) is 6.18. The lowest BCUT2D eigenvalue weighted by Crippen LogP contribution is -2.43. The van der Waals surface area contributed by atoms with Crippen LogP contribution in [0.4, 0.5) is 11.4 Å². The SMILES string of the molecule is CN(C)C[C@@](C)(O)CNc1ccc(Cl)cc1[N+](=O)[O-]. The van der Waals surface area contributed by atoms with Crippen molar-refractivity contribution in [3.05, 3.63) is 33.3 Å². The molecule has 1 aromatic rings. The largest absolute Gasteiger partial charge is 0.387 e. The highest BCUT2D eigenvalue weighted by atomic mass is 35.5. The minimum absolute atomic E-state index is 0.104. The van der Waals surface area contributed by atoms with Crippen molar-refractivity contribution in [2.75, 3.05) is 32.5 Å². The molecule has 0 amide bonds. The zero-order chi connectivity index (χ0) is 14.6. The summed E-state index contributed by atoms with van der Waals surface area (Å²) in [6.45, 7) is 2.32. The van der Waals surface area contributed by atoms with Crippen molar-refractivity contribution in [3.8, 4) is 0 Å². The third-order valence-electron chi connectivity index (χ3n) is 2.47. The molecule has 0 aliphatic heterocycles. The van der Waals surface area contributed by atoms with Crippen molar-refractivity contribution < 1.29 is 10.0 Å². The van der Waals surface area contributed by atoms with E-state index in [1.165, 1.54) is 12.1 Å². The molecule has 0 spiro atoms. The van der Waals surface area contributed by atoms with Crippen LogP contribution in [0.2, 0.25) is 5.02 Å². The number of aliphatic hydroxyl groups is 1. The monoisotopic (exact) mass is 287 g/mol. The van der Waals surface area contributed by atoms with E-state index in [4.69, 9.17) is 11.6 Å². The van der Waals surface area contributed by atoms with E-state index in [0.29, 0.717) is 17.3 Å². The molecule has 0 bridgehead atoms. The van der Waals surface area contributed by atoms with E-state index in [0.717, 1.165) is 0 Å². The molecular formula is C12H18ClN3O3. The Bertz CT molecular complexity index is 464. The maximum Gasteiger partial charge on any atom is 0.293 e. The van der Waals surface area contributed by atoms with Gasteiger partial charge in [0, 0.05) is 24.2 Å². The molecule has 2 N–H and O–H groups in total. The van der Waals surface area contributed by atoms with Crippen LogP contribution in [0.25, 0.3) is 0 Å². The lowest BCUT2D eigenvalue weighted by atomic mass is 10.1. The Morgan fingerprint density at radius 2 is 2.16 bits per heavy atom. The molecule has 1 rings (SSSR count). The van der Waals surface area contributed by atoms with Crippen molar-refractivity contribution in [2.45, 2.75) is 12.5 Å². The Morgan fingerprint density at radius 1 is 1.53 bits per heavy atom. The standard InChI is InChI=1S/C12H18ClN3O3/c1-12(17,8-15(2)3)7-14-10-5-4-9(13)6-11(10)16(18)19/h4-6,14,17H,7-8H2,1-3H3/t12-/m0/s1. The second-order valence-electron chi connectivity index (χ2n) is 5.01. The fourth-order valence-corrected chi connectivity index (χ4v) is 1.99. The molecule has 106 valence electrons. The molecule has 0 radical (unpaired) electrons.